The fourth-order valence-electron chi connectivity index (χ4n) is 5.22. The summed E-state index contributed by atoms with van der Waals surface area (Å²) in [4.78, 5) is 43.0. The minimum Gasteiger partial charge on any atom is -0.338 e. The minimum atomic E-state index is -0.372. The van der Waals surface area contributed by atoms with Gasteiger partial charge < -0.3 is 43.4 Å². The van der Waals surface area contributed by atoms with Crippen LogP contribution in [0.3, 0.4) is 0 Å². The van der Waals surface area contributed by atoms with Crippen LogP contribution in [0.4, 0.5) is 29.2 Å². The summed E-state index contributed by atoms with van der Waals surface area (Å²) in [7, 11) is 0. The molecular formula is C28H37N11O2. The maximum absolute atomic E-state index is 12.7. The Morgan fingerprint density at radius 2 is 1.22 bits per heavy atom. The van der Waals surface area contributed by atoms with Crippen molar-refractivity contribution in [2.24, 2.45) is 22.9 Å². The van der Waals surface area contributed by atoms with Crippen molar-refractivity contribution in [2.75, 3.05) is 46.6 Å². The number of Topliss-reactive ketones (excluding diaryl/α,β-unsaturated/α-hetero) is 1. The highest BCUT2D eigenvalue weighted by atomic mass is 16.2. The molecule has 2 saturated heterocycles. The van der Waals surface area contributed by atoms with E-state index in [4.69, 9.17) is 27.9 Å². The number of nitrogens with one attached hydrogen (secondary N) is 2. The van der Waals surface area contributed by atoms with Crippen LogP contribution in [0.15, 0.2) is 54.6 Å². The summed E-state index contributed by atoms with van der Waals surface area (Å²) in [6.45, 7) is 2.29. The minimum absolute atomic E-state index is 0.0907. The Hall–Kier alpha value is -4.17. The van der Waals surface area contributed by atoms with Crippen LogP contribution in [0.2, 0.25) is 0 Å². The van der Waals surface area contributed by atoms with Gasteiger partial charge in [-0.05, 0) is 49.2 Å². The van der Waals surface area contributed by atoms with Crippen LogP contribution in [0.1, 0.15) is 29.6 Å². The number of carbonyl (C=O) groups excluding carboxylic acids is 2. The number of carbonyl (C=O) groups is 2. The number of ketones is 1. The van der Waals surface area contributed by atoms with Crippen molar-refractivity contribution in [3.63, 3.8) is 0 Å². The lowest BCUT2D eigenvalue weighted by atomic mass is 10.0. The van der Waals surface area contributed by atoms with Crippen molar-refractivity contribution in [3.8, 4) is 0 Å². The van der Waals surface area contributed by atoms with E-state index in [1.54, 1.807) is 36.4 Å². The van der Waals surface area contributed by atoms with Gasteiger partial charge in [0.05, 0.1) is 6.42 Å². The van der Waals surface area contributed by atoms with Crippen LogP contribution < -0.4 is 43.4 Å². The molecule has 2 aliphatic heterocycles. The second-order valence-corrected chi connectivity index (χ2v) is 10.8. The average molecular weight is 560 g/mol. The van der Waals surface area contributed by atoms with E-state index in [0.717, 1.165) is 12.8 Å². The normalized spacial score (nSPS) is 22.7. The predicted molar refractivity (Wildman–Crippen MR) is 159 cm³/mol. The molecule has 5 rings (SSSR count). The number of amides is 1. The number of hydrogen-bond donors (Lipinski definition) is 6. The zero-order chi connectivity index (χ0) is 28.9. The fraction of sp³-hybridized carbons (Fsp3) is 0.393. The smallest absolute Gasteiger partial charge is 0.233 e. The van der Waals surface area contributed by atoms with E-state index >= 15 is 0 Å². The summed E-state index contributed by atoms with van der Waals surface area (Å²) >= 11 is 0. The van der Waals surface area contributed by atoms with E-state index in [2.05, 4.69) is 20.6 Å². The Kier molecular flexibility index (Phi) is 8.69. The van der Waals surface area contributed by atoms with Crippen LogP contribution in [0.5, 0.6) is 0 Å². The molecule has 0 aliphatic carbocycles. The highest BCUT2D eigenvalue weighted by Crippen LogP contribution is 2.24. The van der Waals surface area contributed by atoms with E-state index in [-0.39, 0.29) is 42.3 Å². The van der Waals surface area contributed by atoms with Gasteiger partial charge in [-0.15, -0.1) is 0 Å². The lowest BCUT2D eigenvalue weighted by Crippen LogP contribution is -2.54. The number of para-hydroxylation sites is 1. The number of rotatable bonds is 8. The predicted octanol–water partition coefficient (Wildman–Crippen LogP) is 0.556. The van der Waals surface area contributed by atoms with Crippen LogP contribution in [0, 0.1) is 0 Å². The molecule has 2 fully saturated rings. The van der Waals surface area contributed by atoms with Crippen molar-refractivity contribution in [1.82, 2.24) is 15.0 Å². The van der Waals surface area contributed by atoms with Crippen molar-refractivity contribution >= 4 is 40.9 Å². The topological polar surface area (TPSA) is 207 Å². The Bertz CT molecular complexity index is 1290. The number of piperidine rings is 2. The molecule has 4 atom stereocenters. The molecule has 0 saturated carbocycles. The van der Waals surface area contributed by atoms with E-state index in [9.17, 15) is 9.59 Å². The molecule has 0 unspecified atom stereocenters. The molecule has 0 radical (unpaired) electrons. The van der Waals surface area contributed by atoms with E-state index in [1.165, 1.54) is 0 Å². The molecule has 2 aliphatic rings. The molecule has 13 nitrogen and oxygen atoms in total. The fourth-order valence-corrected chi connectivity index (χ4v) is 5.22. The first-order valence-electron chi connectivity index (χ1n) is 13.8. The van der Waals surface area contributed by atoms with Crippen LogP contribution in [-0.2, 0) is 4.79 Å². The first-order valence-corrected chi connectivity index (χ1v) is 13.8. The summed E-state index contributed by atoms with van der Waals surface area (Å²) in [5, 5.41) is 5.94. The number of nitrogens with zero attached hydrogens (tertiary/aromatic N) is 5. The number of anilines is 5. The van der Waals surface area contributed by atoms with Gasteiger partial charge in [-0.25, -0.2) is 0 Å². The second-order valence-electron chi connectivity index (χ2n) is 10.8. The monoisotopic (exact) mass is 559 g/mol. The zero-order valence-electron chi connectivity index (χ0n) is 22.8. The third-order valence-corrected chi connectivity index (χ3v) is 7.05. The summed E-state index contributed by atoms with van der Waals surface area (Å²) in [6, 6.07) is 15.5. The molecule has 1 amide bonds. The van der Waals surface area contributed by atoms with Crippen molar-refractivity contribution in [1.29, 1.82) is 0 Å². The van der Waals surface area contributed by atoms with Gasteiger partial charge in [0.15, 0.2) is 5.78 Å². The van der Waals surface area contributed by atoms with Gasteiger partial charge in [0, 0.05) is 67.3 Å². The number of hydrogen-bond acceptors (Lipinski definition) is 12. The molecule has 3 aromatic rings. The zero-order valence-corrected chi connectivity index (χ0v) is 22.8. The molecule has 2 aromatic carbocycles. The molecule has 41 heavy (non-hydrogen) atoms. The van der Waals surface area contributed by atoms with Gasteiger partial charge in [-0.2, -0.15) is 15.0 Å². The first kappa shape index (κ1) is 28.4. The second kappa shape index (κ2) is 12.6. The molecule has 10 N–H and O–H groups in total. The van der Waals surface area contributed by atoms with Gasteiger partial charge in [-0.3, -0.25) is 9.59 Å². The summed E-state index contributed by atoms with van der Waals surface area (Å²) in [5.41, 5.74) is 26.7. The van der Waals surface area contributed by atoms with Crippen molar-refractivity contribution < 1.29 is 9.59 Å². The van der Waals surface area contributed by atoms with Gasteiger partial charge in [0.1, 0.15) is 0 Å². The Balaban J connectivity index is 1.32. The average Bonchev–Trinajstić information content (AvgIpc) is 2.92. The number of aromatic nitrogens is 3. The quantitative estimate of drug-likeness (QED) is 0.165. The Labute approximate surface area is 238 Å². The molecule has 13 heteroatoms. The van der Waals surface area contributed by atoms with Crippen LogP contribution in [0.25, 0.3) is 0 Å². The first-order chi connectivity index (χ1) is 19.7. The van der Waals surface area contributed by atoms with E-state index < -0.39 is 0 Å². The van der Waals surface area contributed by atoms with Gasteiger partial charge in [0.2, 0.25) is 23.8 Å². The molecule has 3 heterocycles. The molecule has 216 valence electrons. The molecule has 1 aromatic heterocycles. The maximum Gasteiger partial charge on any atom is 0.233 e. The summed E-state index contributed by atoms with van der Waals surface area (Å²) in [5.74, 6) is 0.596. The SMILES string of the molecule is N[C@@H]1C[C@H](N)CN(c2nc(Nc3ccc(C(=O)CC(=O)Nc4ccccc4)cc3)nc(N3C[C@H](N)C[C@H](N)C3)n2)C1. The third-order valence-electron chi connectivity index (χ3n) is 7.05. The van der Waals surface area contributed by atoms with Crippen LogP contribution >= 0.6 is 0 Å². The Morgan fingerprint density at radius 1 is 0.707 bits per heavy atom. The lowest BCUT2D eigenvalue weighted by molar-refractivity contribution is -0.115. The van der Waals surface area contributed by atoms with E-state index in [1.807, 2.05) is 28.0 Å². The number of benzene rings is 2. The van der Waals surface area contributed by atoms with Gasteiger partial charge in [-0.1, -0.05) is 18.2 Å². The largest absolute Gasteiger partial charge is 0.338 e. The standard InChI is InChI=1S/C28H37N11O2/c29-18-10-19(30)14-38(13-18)27-35-26(36-28(37-27)39-15-20(31)11-21(32)16-39)34-23-8-6-17(7-9-23)24(40)12-25(41)33-22-4-2-1-3-5-22/h1-9,18-21H,10-16,29-32H2,(H,33,41)(H,34,35,36,37)/t18-,19+,20-,21+. The summed E-state index contributed by atoms with van der Waals surface area (Å²) < 4.78 is 0. The molecule has 0 spiro atoms. The third kappa shape index (κ3) is 7.52. The highest BCUT2D eigenvalue weighted by molar-refractivity contribution is 6.11. The van der Waals surface area contributed by atoms with Crippen molar-refractivity contribution in [3.05, 3.63) is 60.2 Å². The van der Waals surface area contributed by atoms with Gasteiger partial charge >= 0.3 is 0 Å². The summed E-state index contributed by atoms with van der Waals surface area (Å²) in [6.07, 6.45) is 1.20. The van der Waals surface area contributed by atoms with Gasteiger partial charge in [0.25, 0.3) is 0 Å². The Morgan fingerprint density at radius 3 is 1.73 bits per heavy atom. The molecule has 0 bridgehead atoms. The highest BCUT2D eigenvalue weighted by Gasteiger charge is 2.28. The maximum atomic E-state index is 12.7. The van der Waals surface area contributed by atoms with Crippen molar-refractivity contribution in [2.45, 2.75) is 43.4 Å². The van der Waals surface area contributed by atoms with Crippen LogP contribution in [-0.4, -0.2) is 77.0 Å². The molecular weight excluding hydrogens is 522 g/mol. The van der Waals surface area contributed by atoms with E-state index in [0.29, 0.717) is 61.0 Å². The number of nitrogens with two attached hydrogens (primary N) is 4. The lowest BCUT2D eigenvalue weighted by Gasteiger charge is -2.37.